The van der Waals surface area contributed by atoms with E-state index in [0.717, 1.165) is 30.1 Å². The molecule has 0 amide bonds. The number of benzene rings is 1. The van der Waals surface area contributed by atoms with Gasteiger partial charge in [0, 0.05) is 11.5 Å². The lowest BCUT2D eigenvalue weighted by atomic mass is 10.2. The highest BCUT2D eigenvalue weighted by Crippen LogP contribution is 2.38. The molecular formula is C17H18N4O2. The van der Waals surface area contributed by atoms with Crippen LogP contribution in [0.5, 0.6) is 0 Å². The summed E-state index contributed by atoms with van der Waals surface area (Å²) in [6, 6.07) is 9.91. The average molecular weight is 310 g/mol. The Hall–Kier alpha value is -2.47. The van der Waals surface area contributed by atoms with Crippen LogP contribution in [0.4, 0.5) is 0 Å². The first-order chi connectivity index (χ1) is 11.3. The fraction of sp³-hybridized carbons (Fsp3) is 0.353. The largest absolute Gasteiger partial charge is 0.439 e. The van der Waals surface area contributed by atoms with Gasteiger partial charge in [-0.05, 0) is 19.8 Å². The summed E-state index contributed by atoms with van der Waals surface area (Å²) >= 11 is 0. The minimum absolute atomic E-state index is 0.0321. The molecule has 0 aliphatic heterocycles. The fourth-order valence-electron chi connectivity index (χ4n) is 2.39. The molecule has 1 saturated carbocycles. The zero-order valence-electron chi connectivity index (χ0n) is 12.9. The van der Waals surface area contributed by atoms with Crippen molar-refractivity contribution in [1.29, 1.82) is 0 Å². The van der Waals surface area contributed by atoms with Crippen LogP contribution in [-0.4, -0.2) is 15.1 Å². The number of rotatable bonds is 6. The molecule has 1 aliphatic rings. The van der Waals surface area contributed by atoms with Gasteiger partial charge < -0.3 is 8.94 Å². The van der Waals surface area contributed by atoms with Crippen molar-refractivity contribution >= 4 is 0 Å². The summed E-state index contributed by atoms with van der Waals surface area (Å²) in [5, 5.41) is 7.31. The third-order valence-corrected chi connectivity index (χ3v) is 3.93. The van der Waals surface area contributed by atoms with Gasteiger partial charge in [0.2, 0.25) is 11.8 Å². The summed E-state index contributed by atoms with van der Waals surface area (Å²) in [5.74, 6) is 3.33. The van der Waals surface area contributed by atoms with Crippen LogP contribution >= 0.6 is 0 Å². The molecule has 0 saturated heterocycles. The maximum atomic E-state index is 5.84. The Morgan fingerprint density at radius 3 is 2.87 bits per heavy atom. The van der Waals surface area contributed by atoms with Crippen LogP contribution in [0, 0.1) is 0 Å². The number of hydrogen-bond acceptors (Lipinski definition) is 6. The van der Waals surface area contributed by atoms with E-state index in [9.17, 15) is 0 Å². The highest BCUT2D eigenvalue weighted by molar-refractivity contribution is 5.55. The monoisotopic (exact) mass is 310 g/mol. The Balaban J connectivity index is 1.38. The lowest BCUT2D eigenvalue weighted by molar-refractivity contribution is 0.368. The summed E-state index contributed by atoms with van der Waals surface area (Å²) in [6.45, 7) is 2.53. The molecule has 6 heteroatoms. The fourth-order valence-corrected chi connectivity index (χ4v) is 2.39. The first-order valence-corrected chi connectivity index (χ1v) is 7.86. The van der Waals surface area contributed by atoms with Crippen molar-refractivity contribution in [3.63, 3.8) is 0 Å². The number of nitrogens with zero attached hydrogens (tertiary/aromatic N) is 3. The van der Waals surface area contributed by atoms with Crippen molar-refractivity contribution in [2.75, 3.05) is 0 Å². The summed E-state index contributed by atoms with van der Waals surface area (Å²) in [7, 11) is 0. The van der Waals surface area contributed by atoms with Gasteiger partial charge in [-0.2, -0.15) is 4.98 Å². The highest BCUT2D eigenvalue weighted by atomic mass is 16.5. The van der Waals surface area contributed by atoms with E-state index < -0.39 is 0 Å². The van der Waals surface area contributed by atoms with Gasteiger partial charge in [-0.15, -0.1) is 0 Å². The Labute approximate surface area is 133 Å². The molecule has 1 N–H and O–H groups in total. The van der Waals surface area contributed by atoms with Crippen LogP contribution in [0.1, 0.15) is 49.3 Å². The molecule has 1 aromatic carbocycles. The Bertz CT molecular complexity index is 777. The minimum atomic E-state index is -0.0321. The molecule has 2 aromatic heterocycles. The summed E-state index contributed by atoms with van der Waals surface area (Å²) in [6.07, 6.45) is 4.07. The number of nitrogens with one attached hydrogen (secondary N) is 1. The van der Waals surface area contributed by atoms with Crippen LogP contribution in [0.2, 0.25) is 0 Å². The average Bonchev–Trinajstić information content (AvgIpc) is 3.14. The van der Waals surface area contributed by atoms with Crippen molar-refractivity contribution in [3.8, 4) is 11.3 Å². The zero-order chi connectivity index (χ0) is 15.6. The van der Waals surface area contributed by atoms with E-state index in [1.54, 1.807) is 6.20 Å². The lowest BCUT2D eigenvalue weighted by Gasteiger charge is -2.07. The molecule has 2 heterocycles. The van der Waals surface area contributed by atoms with E-state index in [-0.39, 0.29) is 6.04 Å². The van der Waals surface area contributed by atoms with Crippen LogP contribution < -0.4 is 5.32 Å². The van der Waals surface area contributed by atoms with Gasteiger partial charge in [-0.25, -0.2) is 4.98 Å². The molecule has 23 heavy (non-hydrogen) atoms. The van der Waals surface area contributed by atoms with Crippen molar-refractivity contribution in [1.82, 2.24) is 20.4 Å². The van der Waals surface area contributed by atoms with E-state index in [4.69, 9.17) is 8.94 Å². The zero-order valence-corrected chi connectivity index (χ0v) is 12.9. The van der Waals surface area contributed by atoms with Crippen LogP contribution in [0.25, 0.3) is 11.3 Å². The molecule has 1 fully saturated rings. The predicted octanol–water partition coefficient (Wildman–Crippen LogP) is 3.45. The second-order valence-corrected chi connectivity index (χ2v) is 5.85. The third kappa shape index (κ3) is 3.17. The standard InChI is InChI=1S/C17H18N4O2/c1-11(18-10-15-20-17(23-21-15)13-7-8-13)16-19-9-14(22-16)12-5-3-2-4-6-12/h2-6,9,11,13,18H,7-8,10H2,1H3/t11-/m1/s1. The van der Waals surface area contributed by atoms with Crippen molar-refractivity contribution < 1.29 is 8.94 Å². The smallest absolute Gasteiger partial charge is 0.229 e. The van der Waals surface area contributed by atoms with Crippen molar-refractivity contribution in [3.05, 3.63) is 54.1 Å². The van der Waals surface area contributed by atoms with E-state index in [1.807, 2.05) is 37.3 Å². The van der Waals surface area contributed by atoms with Gasteiger partial charge in [0.05, 0.1) is 18.8 Å². The van der Waals surface area contributed by atoms with E-state index >= 15 is 0 Å². The second-order valence-electron chi connectivity index (χ2n) is 5.85. The molecule has 1 aliphatic carbocycles. The Morgan fingerprint density at radius 2 is 2.09 bits per heavy atom. The molecule has 1 atom stereocenters. The number of hydrogen-bond donors (Lipinski definition) is 1. The van der Waals surface area contributed by atoms with Gasteiger partial charge in [0.15, 0.2) is 11.6 Å². The van der Waals surface area contributed by atoms with E-state index in [0.29, 0.717) is 24.2 Å². The maximum Gasteiger partial charge on any atom is 0.229 e. The first kappa shape index (κ1) is 14.1. The van der Waals surface area contributed by atoms with Crippen molar-refractivity contribution in [2.24, 2.45) is 0 Å². The topological polar surface area (TPSA) is 77.0 Å². The van der Waals surface area contributed by atoms with Gasteiger partial charge in [-0.1, -0.05) is 35.5 Å². The molecule has 0 unspecified atom stereocenters. The first-order valence-electron chi connectivity index (χ1n) is 7.86. The van der Waals surface area contributed by atoms with Gasteiger partial charge >= 0.3 is 0 Å². The number of aromatic nitrogens is 3. The minimum Gasteiger partial charge on any atom is -0.439 e. The Kier molecular flexibility index (Phi) is 3.67. The predicted molar refractivity (Wildman–Crippen MR) is 83.5 cm³/mol. The third-order valence-electron chi connectivity index (χ3n) is 3.93. The molecule has 3 aromatic rings. The van der Waals surface area contributed by atoms with Gasteiger partial charge in [0.25, 0.3) is 0 Å². The van der Waals surface area contributed by atoms with Crippen LogP contribution in [-0.2, 0) is 6.54 Å². The molecule has 0 spiro atoms. The molecule has 6 nitrogen and oxygen atoms in total. The van der Waals surface area contributed by atoms with E-state index in [2.05, 4.69) is 20.4 Å². The summed E-state index contributed by atoms with van der Waals surface area (Å²) < 4.78 is 11.1. The molecule has 118 valence electrons. The van der Waals surface area contributed by atoms with Crippen LogP contribution in [0.15, 0.2) is 45.5 Å². The number of oxazole rings is 1. The maximum absolute atomic E-state index is 5.84. The van der Waals surface area contributed by atoms with Crippen molar-refractivity contribution in [2.45, 2.75) is 38.3 Å². The molecule has 0 bridgehead atoms. The summed E-state index contributed by atoms with van der Waals surface area (Å²) in [5.41, 5.74) is 1.02. The normalized spacial score (nSPS) is 15.7. The van der Waals surface area contributed by atoms with Gasteiger partial charge in [-0.3, -0.25) is 5.32 Å². The highest BCUT2D eigenvalue weighted by Gasteiger charge is 2.29. The summed E-state index contributed by atoms with van der Waals surface area (Å²) in [4.78, 5) is 8.75. The van der Waals surface area contributed by atoms with E-state index in [1.165, 1.54) is 0 Å². The molecular weight excluding hydrogens is 292 g/mol. The van der Waals surface area contributed by atoms with Crippen LogP contribution in [0.3, 0.4) is 0 Å². The molecule has 4 rings (SSSR count). The molecule has 0 radical (unpaired) electrons. The Morgan fingerprint density at radius 1 is 1.26 bits per heavy atom. The lowest BCUT2D eigenvalue weighted by Crippen LogP contribution is -2.19. The second kappa shape index (κ2) is 5.96. The SMILES string of the molecule is C[C@@H](NCc1noc(C2CC2)n1)c1ncc(-c2ccccc2)o1. The quantitative estimate of drug-likeness (QED) is 0.751. The van der Waals surface area contributed by atoms with Gasteiger partial charge in [0.1, 0.15) is 0 Å².